The number of para-hydroxylation sites is 1. The van der Waals surface area contributed by atoms with Gasteiger partial charge in [-0.25, -0.2) is 4.98 Å². The second-order valence-electron chi connectivity index (χ2n) is 7.61. The number of rotatable bonds is 5. The van der Waals surface area contributed by atoms with E-state index in [9.17, 15) is 14.4 Å². The summed E-state index contributed by atoms with van der Waals surface area (Å²) >= 11 is 0. The zero-order chi connectivity index (χ0) is 21.1. The van der Waals surface area contributed by atoms with E-state index < -0.39 is 0 Å². The molecule has 0 unspecified atom stereocenters. The van der Waals surface area contributed by atoms with Crippen molar-refractivity contribution in [2.24, 2.45) is 0 Å². The van der Waals surface area contributed by atoms with Gasteiger partial charge < -0.3 is 14.6 Å². The second-order valence-corrected chi connectivity index (χ2v) is 7.61. The van der Waals surface area contributed by atoms with Gasteiger partial charge in [-0.1, -0.05) is 12.1 Å². The SMILES string of the molecule is Cc1cccc2c(=O)n(CCC(=O)NC3CCN(C(=O)c4ccoc4)CC3)cnc12. The average Bonchev–Trinajstić information content (AvgIpc) is 3.29. The highest BCUT2D eigenvalue weighted by Gasteiger charge is 2.25. The van der Waals surface area contributed by atoms with Crippen molar-refractivity contribution in [1.82, 2.24) is 19.8 Å². The van der Waals surface area contributed by atoms with Gasteiger partial charge in [0.15, 0.2) is 0 Å². The molecule has 1 aliphatic heterocycles. The van der Waals surface area contributed by atoms with Crippen LogP contribution in [0.4, 0.5) is 0 Å². The third kappa shape index (κ3) is 4.12. The molecule has 1 N–H and O–H groups in total. The summed E-state index contributed by atoms with van der Waals surface area (Å²) in [6, 6.07) is 7.19. The van der Waals surface area contributed by atoms with Gasteiger partial charge >= 0.3 is 0 Å². The fraction of sp³-hybridized carbons (Fsp3) is 0.364. The molecule has 30 heavy (non-hydrogen) atoms. The van der Waals surface area contributed by atoms with Gasteiger partial charge in [0.1, 0.15) is 6.26 Å². The molecule has 0 atom stereocenters. The van der Waals surface area contributed by atoms with Crippen LogP contribution in [0.25, 0.3) is 10.9 Å². The smallest absolute Gasteiger partial charge is 0.261 e. The van der Waals surface area contributed by atoms with Crippen molar-refractivity contribution in [3.63, 3.8) is 0 Å². The number of aromatic nitrogens is 2. The van der Waals surface area contributed by atoms with Crippen molar-refractivity contribution in [2.45, 2.75) is 38.8 Å². The van der Waals surface area contributed by atoms with Crippen LogP contribution in [0, 0.1) is 6.92 Å². The maximum atomic E-state index is 12.6. The van der Waals surface area contributed by atoms with Crippen LogP contribution in [0.5, 0.6) is 0 Å². The molecular formula is C22H24N4O4. The van der Waals surface area contributed by atoms with E-state index in [4.69, 9.17) is 4.42 Å². The molecule has 1 aromatic carbocycles. The number of carbonyl (C=O) groups is 2. The van der Waals surface area contributed by atoms with Crippen LogP contribution in [0.2, 0.25) is 0 Å². The summed E-state index contributed by atoms with van der Waals surface area (Å²) in [5.41, 5.74) is 2.05. The molecule has 2 amide bonds. The van der Waals surface area contributed by atoms with Crippen LogP contribution in [-0.2, 0) is 11.3 Å². The standard InChI is InChI=1S/C22H24N4O4/c1-15-3-2-4-18-20(15)23-14-26(22(18)29)11-7-19(27)24-17-5-9-25(10-6-17)21(28)16-8-12-30-13-16/h2-4,8,12-14,17H,5-7,9-11H2,1H3,(H,24,27). The lowest BCUT2D eigenvalue weighted by atomic mass is 10.0. The van der Waals surface area contributed by atoms with Gasteiger partial charge in [-0.2, -0.15) is 0 Å². The summed E-state index contributed by atoms with van der Waals surface area (Å²) in [6.07, 6.45) is 6.04. The molecule has 0 bridgehead atoms. The third-order valence-electron chi connectivity index (χ3n) is 5.55. The fourth-order valence-corrected chi connectivity index (χ4v) is 3.81. The van der Waals surface area contributed by atoms with E-state index in [1.807, 2.05) is 19.1 Å². The van der Waals surface area contributed by atoms with Gasteiger partial charge in [-0.15, -0.1) is 0 Å². The molecule has 2 aromatic heterocycles. The summed E-state index contributed by atoms with van der Waals surface area (Å²) in [4.78, 5) is 43.5. The average molecular weight is 408 g/mol. The van der Waals surface area contributed by atoms with E-state index in [-0.39, 0.29) is 36.4 Å². The zero-order valence-corrected chi connectivity index (χ0v) is 16.8. The topological polar surface area (TPSA) is 97.4 Å². The highest BCUT2D eigenvalue weighted by atomic mass is 16.3. The molecule has 3 heterocycles. The number of amides is 2. The zero-order valence-electron chi connectivity index (χ0n) is 16.8. The maximum absolute atomic E-state index is 12.6. The molecule has 8 nitrogen and oxygen atoms in total. The summed E-state index contributed by atoms with van der Waals surface area (Å²) in [7, 11) is 0. The van der Waals surface area contributed by atoms with E-state index in [0.717, 1.165) is 5.56 Å². The first kappa shape index (κ1) is 19.9. The molecule has 0 radical (unpaired) electrons. The minimum absolute atomic E-state index is 0.0278. The minimum Gasteiger partial charge on any atom is -0.472 e. The minimum atomic E-state index is -0.137. The first-order chi connectivity index (χ1) is 14.5. The number of furan rings is 1. The molecule has 156 valence electrons. The Morgan fingerprint density at radius 2 is 2.03 bits per heavy atom. The number of piperidine rings is 1. The van der Waals surface area contributed by atoms with Crippen LogP contribution in [0.1, 0.15) is 35.2 Å². The number of hydrogen-bond donors (Lipinski definition) is 1. The Labute approximate surface area is 173 Å². The molecule has 3 aromatic rings. The molecule has 0 saturated carbocycles. The fourth-order valence-electron chi connectivity index (χ4n) is 3.81. The molecule has 1 aliphatic rings. The molecule has 1 fully saturated rings. The number of nitrogens with zero attached hydrogens (tertiary/aromatic N) is 3. The highest BCUT2D eigenvalue weighted by molar-refractivity contribution is 5.93. The number of nitrogens with one attached hydrogen (secondary N) is 1. The number of carbonyl (C=O) groups excluding carboxylic acids is 2. The lowest BCUT2D eigenvalue weighted by molar-refractivity contribution is -0.122. The van der Waals surface area contributed by atoms with Crippen LogP contribution < -0.4 is 10.9 Å². The molecule has 8 heteroatoms. The predicted molar refractivity (Wildman–Crippen MR) is 111 cm³/mol. The van der Waals surface area contributed by atoms with Crippen molar-refractivity contribution < 1.29 is 14.0 Å². The van der Waals surface area contributed by atoms with Crippen LogP contribution in [-0.4, -0.2) is 45.4 Å². The molecular weight excluding hydrogens is 384 g/mol. The van der Waals surface area contributed by atoms with E-state index in [1.165, 1.54) is 23.4 Å². The second kappa shape index (κ2) is 8.52. The van der Waals surface area contributed by atoms with Gasteiger partial charge in [0.2, 0.25) is 5.91 Å². The Bertz CT molecular complexity index is 1110. The van der Waals surface area contributed by atoms with Crippen molar-refractivity contribution in [3.8, 4) is 0 Å². The Morgan fingerprint density at radius 1 is 1.23 bits per heavy atom. The van der Waals surface area contributed by atoms with Crippen molar-refractivity contribution in [2.75, 3.05) is 13.1 Å². The van der Waals surface area contributed by atoms with Crippen LogP contribution in [0.15, 0.2) is 52.3 Å². The summed E-state index contributed by atoms with van der Waals surface area (Å²) in [5.74, 6) is -0.155. The maximum Gasteiger partial charge on any atom is 0.261 e. The Morgan fingerprint density at radius 3 is 2.77 bits per heavy atom. The number of fused-ring (bicyclic) bond motifs is 1. The first-order valence-electron chi connectivity index (χ1n) is 10.1. The van der Waals surface area contributed by atoms with Gasteiger partial charge in [0.25, 0.3) is 11.5 Å². The third-order valence-corrected chi connectivity index (χ3v) is 5.55. The van der Waals surface area contributed by atoms with Gasteiger partial charge in [0, 0.05) is 32.1 Å². The van der Waals surface area contributed by atoms with Gasteiger partial charge in [-0.05, 0) is 37.5 Å². The Hall–Kier alpha value is -3.42. The molecule has 1 saturated heterocycles. The van der Waals surface area contributed by atoms with Crippen LogP contribution >= 0.6 is 0 Å². The van der Waals surface area contributed by atoms with Crippen molar-refractivity contribution in [3.05, 3.63) is 64.6 Å². The summed E-state index contributed by atoms with van der Waals surface area (Å²) in [6.45, 7) is 3.37. The largest absolute Gasteiger partial charge is 0.472 e. The van der Waals surface area contributed by atoms with Gasteiger partial charge in [-0.3, -0.25) is 19.0 Å². The number of benzene rings is 1. The Kier molecular flexibility index (Phi) is 5.65. The number of likely N-dealkylation sites (tertiary alicyclic amines) is 1. The Balaban J connectivity index is 1.29. The molecule has 4 rings (SSSR count). The number of aryl methyl sites for hydroxylation is 2. The van der Waals surface area contributed by atoms with Gasteiger partial charge in [0.05, 0.1) is 29.1 Å². The monoisotopic (exact) mass is 408 g/mol. The normalized spacial score (nSPS) is 14.8. The lowest BCUT2D eigenvalue weighted by Gasteiger charge is -2.32. The molecule has 0 spiro atoms. The highest BCUT2D eigenvalue weighted by Crippen LogP contribution is 2.15. The summed E-state index contributed by atoms with van der Waals surface area (Å²) in [5, 5.41) is 3.58. The van der Waals surface area contributed by atoms with E-state index in [2.05, 4.69) is 10.3 Å². The summed E-state index contributed by atoms with van der Waals surface area (Å²) < 4.78 is 6.45. The van der Waals surface area contributed by atoms with Crippen LogP contribution in [0.3, 0.4) is 0 Å². The molecule has 0 aliphatic carbocycles. The van der Waals surface area contributed by atoms with E-state index >= 15 is 0 Å². The van der Waals surface area contributed by atoms with E-state index in [1.54, 1.807) is 17.0 Å². The predicted octanol–water partition coefficient (Wildman–Crippen LogP) is 2.11. The lowest BCUT2D eigenvalue weighted by Crippen LogP contribution is -2.46. The first-order valence-corrected chi connectivity index (χ1v) is 10.1. The number of hydrogen-bond acceptors (Lipinski definition) is 5. The van der Waals surface area contributed by atoms with Crippen molar-refractivity contribution in [1.29, 1.82) is 0 Å². The van der Waals surface area contributed by atoms with E-state index in [0.29, 0.717) is 42.4 Å². The quantitative estimate of drug-likeness (QED) is 0.697. The van der Waals surface area contributed by atoms with Crippen molar-refractivity contribution >= 4 is 22.7 Å².